The van der Waals surface area contributed by atoms with Crippen LogP contribution in [0.1, 0.15) is 46.6 Å². The maximum absolute atomic E-state index is 4.55. The number of aromatic nitrogens is 2. The monoisotopic (exact) mass is 298 g/mol. The number of para-hydroxylation sites is 1. The summed E-state index contributed by atoms with van der Waals surface area (Å²) in [7, 11) is 0. The smallest absolute Gasteiger partial charge is 0.224 e. The molecule has 2 aromatic rings. The molecule has 4 heteroatoms. The molecule has 4 nitrogen and oxygen atoms in total. The Morgan fingerprint density at radius 2 is 1.86 bits per heavy atom. The first-order valence-electron chi connectivity index (χ1n) is 7.86. The molecule has 0 spiro atoms. The SMILES string of the molecule is CCC(C)Nc1nccc(Nc2ccccc2C(C)(C)C)n1. The summed E-state index contributed by atoms with van der Waals surface area (Å²) in [4.78, 5) is 8.82. The number of hydrogen-bond acceptors (Lipinski definition) is 4. The number of rotatable bonds is 5. The van der Waals surface area contributed by atoms with Gasteiger partial charge in [-0.25, -0.2) is 4.98 Å². The molecule has 0 aliphatic carbocycles. The van der Waals surface area contributed by atoms with Gasteiger partial charge in [-0.2, -0.15) is 4.98 Å². The van der Waals surface area contributed by atoms with Gasteiger partial charge in [-0.1, -0.05) is 45.9 Å². The van der Waals surface area contributed by atoms with Crippen LogP contribution in [0.25, 0.3) is 0 Å². The van der Waals surface area contributed by atoms with Crippen molar-refractivity contribution in [3.05, 3.63) is 42.1 Å². The molecule has 0 fully saturated rings. The summed E-state index contributed by atoms with van der Waals surface area (Å²) in [5, 5.41) is 6.72. The van der Waals surface area contributed by atoms with Crippen molar-refractivity contribution in [2.75, 3.05) is 10.6 Å². The van der Waals surface area contributed by atoms with Gasteiger partial charge in [0.25, 0.3) is 0 Å². The van der Waals surface area contributed by atoms with Gasteiger partial charge < -0.3 is 10.6 Å². The number of anilines is 3. The number of hydrogen-bond donors (Lipinski definition) is 2. The molecule has 0 aliphatic rings. The first-order chi connectivity index (χ1) is 10.4. The molecule has 0 radical (unpaired) electrons. The van der Waals surface area contributed by atoms with E-state index in [-0.39, 0.29) is 5.41 Å². The predicted octanol–water partition coefficient (Wildman–Crippen LogP) is 4.73. The lowest BCUT2D eigenvalue weighted by molar-refractivity contribution is 0.592. The second kappa shape index (κ2) is 6.77. The standard InChI is InChI=1S/C18H26N4/c1-6-13(2)20-17-19-12-11-16(22-17)21-15-10-8-7-9-14(15)18(3,4)5/h7-13H,6H2,1-5H3,(H2,19,20,21,22). The van der Waals surface area contributed by atoms with Crippen LogP contribution in [0.15, 0.2) is 36.5 Å². The zero-order valence-corrected chi connectivity index (χ0v) is 14.1. The molecule has 1 heterocycles. The Balaban J connectivity index is 2.23. The maximum atomic E-state index is 4.55. The molecule has 118 valence electrons. The zero-order chi connectivity index (χ0) is 16.2. The molecule has 22 heavy (non-hydrogen) atoms. The normalized spacial score (nSPS) is 12.8. The lowest BCUT2D eigenvalue weighted by Gasteiger charge is -2.23. The number of nitrogens with one attached hydrogen (secondary N) is 2. The molecule has 0 aliphatic heterocycles. The summed E-state index contributed by atoms with van der Waals surface area (Å²) in [5.41, 5.74) is 2.43. The fourth-order valence-electron chi connectivity index (χ4n) is 2.20. The van der Waals surface area contributed by atoms with Gasteiger partial charge in [-0.3, -0.25) is 0 Å². The fraction of sp³-hybridized carbons (Fsp3) is 0.444. The van der Waals surface area contributed by atoms with Gasteiger partial charge in [0.05, 0.1) is 0 Å². The Bertz CT molecular complexity index is 616. The minimum atomic E-state index is 0.0778. The lowest BCUT2D eigenvalue weighted by atomic mass is 9.86. The highest BCUT2D eigenvalue weighted by atomic mass is 15.1. The van der Waals surface area contributed by atoms with Crippen LogP contribution in [0.3, 0.4) is 0 Å². The van der Waals surface area contributed by atoms with Gasteiger partial charge >= 0.3 is 0 Å². The molecule has 2 rings (SSSR count). The minimum Gasteiger partial charge on any atom is -0.352 e. The molecular weight excluding hydrogens is 272 g/mol. The maximum Gasteiger partial charge on any atom is 0.224 e. The topological polar surface area (TPSA) is 49.8 Å². The van der Waals surface area contributed by atoms with Crippen LogP contribution in [-0.4, -0.2) is 16.0 Å². The van der Waals surface area contributed by atoms with Gasteiger partial charge in [0, 0.05) is 17.9 Å². The third-order valence-corrected chi connectivity index (χ3v) is 3.64. The first kappa shape index (κ1) is 16.3. The molecule has 0 amide bonds. The Hall–Kier alpha value is -2.10. The van der Waals surface area contributed by atoms with Crippen LogP contribution in [0.5, 0.6) is 0 Å². The van der Waals surface area contributed by atoms with Gasteiger partial charge in [0.2, 0.25) is 5.95 Å². The van der Waals surface area contributed by atoms with Crippen molar-refractivity contribution in [1.29, 1.82) is 0 Å². The Morgan fingerprint density at radius 1 is 1.14 bits per heavy atom. The summed E-state index contributed by atoms with van der Waals surface area (Å²) >= 11 is 0. The Morgan fingerprint density at radius 3 is 2.55 bits per heavy atom. The molecule has 0 saturated heterocycles. The van der Waals surface area contributed by atoms with Gasteiger partial charge in [0.15, 0.2) is 0 Å². The van der Waals surface area contributed by atoms with Crippen molar-refractivity contribution in [2.45, 2.75) is 52.5 Å². The average Bonchev–Trinajstić information content (AvgIpc) is 2.47. The zero-order valence-electron chi connectivity index (χ0n) is 14.1. The van der Waals surface area contributed by atoms with Crippen LogP contribution in [0.2, 0.25) is 0 Å². The van der Waals surface area contributed by atoms with Crippen molar-refractivity contribution >= 4 is 17.5 Å². The molecule has 2 N–H and O–H groups in total. The van der Waals surface area contributed by atoms with Crippen LogP contribution in [-0.2, 0) is 5.41 Å². The van der Waals surface area contributed by atoms with Crippen molar-refractivity contribution in [3.63, 3.8) is 0 Å². The van der Waals surface area contributed by atoms with E-state index in [1.54, 1.807) is 6.20 Å². The van der Waals surface area contributed by atoms with Gasteiger partial charge in [-0.15, -0.1) is 0 Å². The molecule has 0 saturated carbocycles. The van der Waals surface area contributed by atoms with Crippen LogP contribution in [0, 0.1) is 0 Å². The highest BCUT2D eigenvalue weighted by Gasteiger charge is 2.17. The van der Waals surface area contributed by atoms with Crippen LogP contribution in [0.4, 0.5) is 17.5 Å². The third kappa shape index (κ3) is 4.20. The second-order valence-electron chi connectivity index (χ2n) is 6.64. The van der Waals surface area contributed by atoms with E-state index < -0.39 is 0 Å². The minimum absolute atomic E-state index is 0.0778. The molecule has 1 unspecified atom stereocenters. The van der Waals surface area contributed by atoms with E-state index in [0.717, 1.165) is 17.9 Å². The Kier molecular flexibility index (Phi) is 5.01. The lowest BCUT2D eigenvalue weighted by Crippen LogP contribution is -2.16. The van der Waals surface area contributed by atoms with Crippen molar-refractivity contribution in [3.8, 4) is 0 Å². The highest BCUT2D eigenvalue weighted by Crippen LogP contribution is 2.30. The molecule has 0 bridgehead atoms. The van der Waals surface area contributed by atoms with E-state index in [9.17, 15) is 0 Å². The highest BCUT2D eigenvalue weighted by molar-refractivity contribution is 5.62. The van der Waals surface area contributed by atoms with E-state index in [0.29, 0.717) is 12.0 Å². The van der Waals surface area contributed by atoms with E-state index in [1.807, 2.05) is 12.1 Å². The van der Waals surface area contributed by atoms with E-state index in [1.165, 1.54) is 5.56 Å². The quantitative estimate of drug-likeness (QED) is 0.838. The third-order valence-electron chi connectivity index (χ3n) is 3.64. The summed E-state index contributed by atoms with van der Waals surface area (Å²) < 4.78 is 0. The number of nitrogens with zero attached hydrogens (tertiary/aromatic N) is 2. The molecular formula is C18H26N4. The molecule has 1 aromatic carbocycles. The predicted molar refractivity (Wildman–Crippen MR) is 93.8 cm³/mol. The fourth-order valence-corrected chi connectivity index (χ4v) is 2.20. The first-order valence-corrected chi connectivity index (χ1v) is 7.86. The van der Waals surface area contributed by atoms with Crippen molar-refractivity contribution in [1.82, 2.24) is 9.97 Å². The van der Waals surface area contributed by atoms with Crippen molar-refractivity contribution < 1.29 is 0 Å². The summed E-state index contributed by atoms with van der Waals surface area (Å²) in [5.74, 6) is 1.46. The molecule has 1 aromatic heterocycles. The van der Waals surface area contributed by atoms with Crippen LogP contribution >= 0.6 is 0 Å². The van der Waals surface area contributed by atoms with Crippen LogP contribution < -0.4 is 10.6 Å². The summed E-state index contributed by atoms with van der Waals surface area (Å²) in [6, 6.07) is 10.6. The Labute approximate surface area is 133 Å². The van der Waals surface area contributed by atoms with Gasteiger partial charge in [-0.05, 0) is 36.5 Å². The van der Waals surface area contributed by atoms with Gasteiger partial charge in [0.1, 0.15) is 5.82 Å². The second-order valence-corrected chi connectivity index (χ2v) is 6.64. The number of benzene rings is 1. The largest absolute Gasteiger partial charge is 0.352 e. The average molecular weight is 298 g/mol. The van der Waals surface area contributed by atoms with Crippen molar-refractivity contribution in [2.24, 2.45) is 0 Å². The van der Waals surface area contributed by atoms with E-state index >= 15 is 0 Å². The molecule has 1 atom stereocenters. The van der Waals surface area contributed by atoms with E-state index in [2.05, 4.69) is 73.4 Å². The summed E-state index contributed by atoms with van der Waals surface area (Å²) in [6.07, 6.45) is 2.81. The van der Waals surface area contributed by atoms with E-state index in [4.69, 9.17) is 0 Å². The summed E-state index contributed by atoms with van der Waals surface area (Å²) in [6.45, 7) is 10.9.